The monoisotopic (exact) mass is 1760 g/mol. The van der Waals surface area contributed by atoms with Gasteiger partial charge in [-0.15, -0.1) is 11.8 Å². The average molecular weight is 1760 g/mol. The van der Waals surface area contributed by atoms with Gasteiger partial charge in [0.2, 0.25) is 82.7 Å². The fourth-order valence-corrected chi connectivity index (χ4v) is 17.0. The van der Waals surface area contributed by atoms with E-state index in [2.05, 4.69) is 47.5 Å². The molecule has 34 nitrogen and oxygen atoms in total. The zero-order chi connectivity index (χ0) is 91.6. The molecule has 3 saturated heterocycles. The second kappa shape index (κ2) is 46.6. The Bertz CT molecular complexity index is 4790. The third kappa shape index (κ3) is 27.6. The van der Waals surface area contributed by atoms with E-state index in [0.717, 1.165) is 22.2 Å². The Kier molecular flexibility index (Phi) is 36.1. The molecule has 126 heavy (non-hydrogen) atoms. The summed E-state index contributed by atoms with van der Waals surface area (Å²) >= 11 is 0.848. The summed E-state index contributed by atoms with van der Waals surface area (Å²) in [5.41, 5.74) is 9.15. The van der Waals surface area contributed by atoms with Gasteiger partial charge in [-0.25, -0.2) is 0 Å². The fraction of sp³-hybridized carbons (Fsp3) is 0.484. The molecule has 14 amide bonds. The first-order valence-corrected chi connectivity index (χ1v) is 43.9. The zero-order valence-electron chi connectivity index (χ0n) is 72.8. The van der Waals surface area contributed by atoms with E-state index in [1.54, 1.807) is 118 Å². The van der Waals surface area contributed by atoms with Crippen LogP contribution in [0.25, 0.3) is 10.9 Å². The van der Waals surface area contributed by atoms with Crippen LogP contribution in [0.1, 0.15) is 114 Å². The van der Waals surface area contributed by atoms with Crippen molar-refractivity contribution in [2.45, 2.75) is 197 Å². The lowest BCUT2D eigenvalue weighted by molar-refractivity contribution is -0.151. The molecule has 0 saturated carbocycles. The molecule has 35 heteroatoms. The first kappa shape index (κ1) is 97.6. The molecule has 13 unspecified atom stereocenters. The number of fused-ring (bicyclic) bond motifs is 3. The number of likely N-dealkylation sites (N-methyl/N-ethyl adjacent to an activating group) is 4. The van der Waals surface area contributed by atoms with Crippen LogP contribution >= 0.6 is 11.8 Å². The van der Waals surface area contributed by atoms with E-state index in [-0.39, 0.29) is 94.8 Å². The van der Waals surface area contributed by atoms with Crippen molar-refractivity contribution in [3.8, 4) is 5.75 Å². The normalized spacial score (nSPS) is 24.4. The summed E-state index contributed by atoms with van der Waals surface area (Å²) in [6.07, 6.45) is 0.468. The number of thioether (sulfide) groups is 1. The number of nitrogens with one attached hydrogen (secondary N) is 9. The lowest BCUT2D eigenvalue weighted by Gasteiger charge is -2.38. The summed E-state index contributed by atoms with van der Waals surface area (Å²) < 4.78 is 0. The van der Waals surface area contributed by atoms with Gasteiger partial charge in [0.1, 0.15) is 66.2 Å². The van der Waals surface area contributed by atoms with E-state index in [1.807, 2.05) is 43.3 Å². The van der Waals surface area contributed by atoms with Crippen LogP contribution < -0.4 is 48.3 Å². The summed E-state index contributed by atoms with van der Waals surface area (Å²) in [6.45, 7) is 7.26. The van der Waals surface area contributed by atoms with Crippen LogP contribution in [0.5, 0.6) is 5.75 Å². The molecule has 0 bridgehead atoms. The highest BCUT2D eigenvalue weighted by molar-refractivity contribution is 8.00. The first-order valence-electron chi connectivity index (χ1n) is 42.8. The van der Waals surface area contributed by atoms with Crippen LogP contribution in [-0.4, -0.2) is 289 Å². The number of rotatable bonds is 21. The summed E-state index contributed by atoms with van der Waals surface area (Å²) in [5.74, 6) is -14.9. The Hall–Kier alpha value is -12.2. The Morgan fingerprint density at radius 2 is 1.11 bits per heavy atom. The van der Waals surface area contributed by atoms with Crippen molar-refractivity contribution in [2.75, 3.05) is 72.4 Å². The largest absolute Gasteiger partial charge is 0.508 e. The number of aromatic nitrogens is 1. The van der Waals surface area contributed by atoms with Gasteiger partial charge in [0.25, 0.3) is 0 Å². The summed E-state index contributed by atoms with van der Waals surface area (Å²) in [7, 11) is 5.58. The highest BCUT2D eigenvalue weighted by Gasteiger charge is 2.47. The van der Waals surface area contributed by atoms with Crippen LogP contribution in [0, 0.1) is 11.8 Å². The smallest absolute Gasteiger partial charge is 0.305 e. The first-order chi connectivity index (χ1) is 60.1. The van der Waals surface area contributed by atoms with Crippen molar-refractivity contribution in [1.82, 2.24) is 76.9 Å². The molecule has 3 fully saturated rings. The lowest BCUT2D eigenvalue weighted by atomic mass is 9.98. The van der Waals surface area contributed by atoms with E-state index in [9.17, 15) is 53.7 Å². The highest BCUT2D eigenvalue weighted by Crippen LogP contribution is 2.29. The molecule has 1 aromatic heterocycles. The average Bonchev–Trinajstić information content (AvgIpc) is 1.73. The molecule has 3 aliphatic heterocycles. The van der Waals surface area contributed by atoms with Crippen LogP contribution in [0.15, 0.2) is 146 Å². The second-order valence-corrected chi connectivity index (χ2v) is 34.6. The maximum atomic E-state index is 15.5. The number of carboxylic acids is 1. The molecule has 0 spiro atoms. The number of hydrogen-bond donors (Lipinski definition) is 13. The predicted molar refractivity (Wildman–Crippen MR) is 471 cm³/mol. The van der Waals surface area contributed by atoms with Gasteiger partial charge in [-0.2, -0.15) is 0 Å². The summed E-state index contributed by atoms with van der Waals surface area (Å²) in [4.78, 5) is 231. The van der Waals surface area contributed by atoms with Gasteiger partial charge >= 0.3 is 5.97 Å². The molecule has 0 radical (unpaired) electrons. The number of aliphatic hydroxyl groups is 1. The Labute approximate surface area is 737 Å². The topological polar surface area (TPSA) is 474 Å². The number of para-hydroxylation sites is 1. The van der Waals surface area contributed by atoms with Gasteiger partial charge < -0.3 is 93.1 Å². The number of aliphatic hydroxyl groups excluding tert-OH is 1. The van der Waals surface area contributed by atoms with E-state index < -0.39 is 198 Å². The van der Waals surface area contributed by atoms with E-state index in [0.29, 0.717) is 52.4 Å². The number of carbonyl (C=O) groups is 15. The molecule has 678 valence electrons. The standard InChI is InChI=1S/C91H120N16O18S/c1-10-11-32-73-88(122)102(6)51-77(111)95-69(46-79(113)114)85(119)101-80(55(4)5)91(125)103(7)61(40-56-24-15-12-16-25-56)49-106-50-63(109)45-75(106)90(124)107-38-23-33-72(107)86(120)99-68(44-60-47-93-65-31-22-21-30-64(60)65)84(118)98-67(41-59-34-36-62(108)37-35-59)83(117)97-66(39-54(2)3)82(116)100-71(81(115)94-48-76(92)110)52-126-53-78(112)96-70(42-57-26-17-13-18-27-57)87(121)105(9)74(89(123)104(73)8)43-58-28-19-14-20-29-58/h12-22,24-31,34-37,47,54-55,61,63,66-75,80,93,108-109H,10-11,23,32-33,38-46,48-53H2,1-9H3,(H2,92,110)(H,94,115)(H,95,111)(H,96,112)(H,97,117)(H,98,118)(H,99,120)(H,100,116)(H,101,119)(H,113,114). The van der Waals surface area contributed by atoms with E-state index in [1.165, 1.54) is 72.1 Å². The number of nitrogens with zero attached hydrogens (tertiary/aromatic N) is 6. The van der Waals surface area contributed by atoms with Crippen molar-refractivity contribution in [3.63, 3.8) is 0 Å². The van der Waals surface area contributed by atoms with Crippen molar-refractivity contribution in [3.05, 3.63) is 174 Å². The van der Waals surface area contributed by atoms with Crippen LogP contribution in [0.2, 0.25) is 0 Å². The molecule has 13 atom stereocenters. The van der Waals surface area contributed by atoms with Crippen LogP contribution in [0.4, 0.5) is 0 Å². The molecular formula is C91H120N16O18S. The number of amides is 14. The molecule has 4 heterocycles. The number of benzene rings is 5. The Morgan fingerprint density at radius 3 is 1.73 bits per heavy atom. The Balaban J connectivity index is 1.10. The molecule has 5 aromatic carbocycles. The number of unbranched alkanes of at least 4 members (excludes halogenated alkanes) is 1. The summed E-state index contributed by atoms with van der Waals surface area (Å²) in [6, 6.07) is 23.2. The van der Waals surface area contributed by atoms with E-state index in [4.69, 9.17) is 5.73 Å². The van der Waals surface area contributed by atoms with Crippen LogP contribution in [-0.2, 0) is 104 Å². The molecule has 9 rings (SSSR count). The fourth-order valence-electron chi connectivity index (χ4n) is 16.2. The van der Waals surface area contributed by atoms with Gasteiger partial charge in [0.15, 0.2) is 0 Å². The number of H-pyrrole nitrogens is 1. The van der Waals surface area contributed by atoms with Crippen LogP contribution in [0.3, 0.4) is 0 Å². The molecule has 3 aliphatic rings. The maximum Gasteiger partial charge on any atom is 0.305 e. The predicted octanol–water partition coefficient (Wildman–Crippen LogP) is 1.86. The molecule has 0 aliphatic carbocycles. The minimum atomic E-state index is -1.82. The van der Waals surface area contributed by atoms with Gasteiger partial charge in [0.05, 0.1) is 37.4 Å². The number of aromatic amines is 1. The lowest BCUT2D eigenvalue weighted by Crippen LogP contribution is -2.60. The molecular weight excluding hydrogens is 1640 g/mol. The van der Waals surface area contributed by atoms with Crippen molar-refractivity contribution in [1.29, 1.82) is 0 Å². The van der Waals surface area contributed by atoms with Crippen molar-refractivity contribution in [2.24, 2.45) is 17.6 Å². The minimum absolute atomic E-state index is 0.0490. The van der Waals surface area contributed by atoms with Gasteiger partial charge in [0, 0.05) is 102 Å². The molecule has 14 N–H and O–H groups in total. The number of phenols is 1. The van der Waals surface area contributed by atoms with Gasteiger partial charge in [-0.3, -0.25) is 76.8 Å². The van der Waals surface area contributed by atoms with E-state index >= 15 is 33.6 Å². The number of carbonyl (C=O) groups excluding carboxylic acids is 14. The number of phenolic OH excluding ortho intramolecular Hbond substituents is 1. The number of carboxylic acid groups (broad SMARTS) is 1. The van der Waals surface area contributed by atoms with Gasteiger partial charge in [-0.1, -0.05) is 169 Å². The van der Waals surface area contributed by atoms with Gasteiger partial charge in [-0.05, 0) is 96.4 Å². The minimum Gasteiger partial charge on any atom is -0.508 e. The van der Waals surface area contributed by atoms with Crippen molar-refractivity contribution < 1.29 is 87.2 Å². The third-order valence-electron chi connectivity index (χ3n) is 23.1. The number of aliphatic carboxylic acids is 1. The number of nitrogens with two attached hydrogens (primary N) is 1. The number of aromatic hydroxyl groups is 1. The SMILES string of the molecule is CCCCC1C(=O)N(C)CC(=O)NC(CC(=O)O)C(=O)NC(C(C)C)C(=O)N(C)C(Cc2ccccc2)CN2CC(O)CC2C(=O)N2CCCC2C(=O)NC(Cc2c[nH]c3ccccc23)C(=O)NC(Cc2ccc(O)cc2)C(=O)NC(CC(C)C)C(=O)NC(C(=O)NCC(N)=O)CSCC(=O)NC(Cc2ccccc2)C(=O)N(C)C(Cc2ccccc2)C(=O)N1C. The second-order valence-electron chi connectivity index (χ2n) is 33.6. The number of primary amides is 1. The molecule has 6 aromatic rings. The Morgan fingerprint density at radius 1 is 0.556 bits per heavy atom. The summed E-state index contributed by atoms with van der Waals surface area (Å²) in [5, 5.41) is 54.6. The third-order valence-corrected chi connectivity index (χ3v) is 24.1. The maximum absolute atomic E-state index is 15.5. The highest BCUT2D eigenvalue weighted by atomic mass is 32.2. The quantitative estimate of drug-likeness (QED) is 0.0489. The zero-order valence-corrected chi connectivity index (χ0v) is 73.6. The number of hydrogen-bond acceptors (Lipinski definition) is 19. The van der Waals surface area contributed by atoms with Crippen molar-refractivity contribution >= 4 is 111 Å².